The summed E-state index contributed by atoms with van der Waals surface area (Å²) in [5, 5.41) is 17.7. The summed E-state index contributed by atoms with van der Waals surface area (Å²) in [7, 11) is 0. The van der Waals surface area contributed by atoms with E-state index in [0.717, 1.165) is 24.6 Å². The van der Waals surface area contributed by atoms with Crippen LogP contribution in [0.2, 0.25) is 0 Å². The number of hydrogen-bond donors (Lipinski definition) is 2. The highest BCUT2D eigenvalue weighted by molar-refractivity contribution is 7.18. The monoisotopic (exact) mass is 299 g/mol. The molecule has 10 heteroatoms. The van der Waals surface area contributed by atoms with Crippen LogP contribution in [0.3, 0.4) is 0 Å². The van der Waals surface area contributed by atoms with Crippen molar-refractivity contribution < 1.29 is 4.74 Å². The van der Waals surface area contributed by atoms with Crippen molar-refractivity contribution in [2.75, 3.05) is 36.1 Å². The summed E-state index contributed by atoms with van der Waals surface area (Å²) >= 11 is 2.66. The van der Waals surface area contributed by atoms with Gasteiger partial charge in [0.2, 0.25) is 15.4 Å². The van der Waals surface area contributed by atoms with Crippen LogP contribution in [0, 0.1) is 5.92 Å². The molecule has 1 fully saturated rings. The van der Waals surface area contributed by atoms with Crippen LogP contribution in [-0.4, -0.2) is 40.1 Å². The van der Waals surface area contributed by atoms with Crippen LogP contribution in [0.5, 0.6) is 5.19 Å². The summed E-state index contributed by atoms with van der Waals surface area (Å²) in [6.07, 6.45) is 1.05. The maximum absolute atomic E-state index is 5.59. The fourth-order valence-corrected chi connectivity index (χ4v) is 3.08. The Kier molecular flexibility index (Phi) is 3.34. The molecule has 1 aliphatic rings. The van der Waals surface area contributed by atoms with Crippen molar-refractivity contribution in [3.8, 4) is 5.19 Å². The lowest BCUT2D eigenvalue weighted by molar-refractivity contribution is 0.258. The lowest BCUT2D eigenvalue weighted by atomic mass is 10.1. The molecule has 4 N–H and O–H groups in total. The molecular weight excluding hydrogens is 286 g/mol. The minimum Gasteiger partial charge on any atom is -0.469 e. The molecule has 2 aromatic rings. The van der Waals surface area contributed by atoms with E-state index in [1.54, 1.807) is 0 Å². The van der Waals surface area contributed by atoms with Crippen LogP contribution in [-0.2, 0) is 0 Å². The second-order valence-electron chi connectivity index (χ2n) is 4.24. The van der Waals surface area contributed by atoms with Crippen molar-refractivity contribution >= 4 is 38.1 Å². The normalized spacial score (nSPS) is 18.9. The van der Waals surface area contributed by atoms with Gasteiger partial charge in [-0.05, 0) is 17.8 Å². The Labute approximate surface area is 117 Å². The van der Waals surface area contributed by atoms with Gasteiger partial charge in [0, 0.05) is 19.0 Å². The quantitative estimate of drug-likeness (QED) is 0.836. The minimum absolute atomic E-state index is 0.424. The van der Waals surface area contributed by atoms with Gasteiger partial charge in [0.15, 0.2) is 0 Å². The summed E-state index contributed by atoms with van der Waals surface area (Å²) in [5.41, 5.74) is 11.1. The summed E-state index contributed by atoms with van der Waals surface area (Å²) in [6.45, 7) is 2.45. The molecule has 0 unspecified atom stereocenters. The first-order chi connectivity index (χ1) is 9.20. The minimum atomic E-state index is 0.424. The SMILES string of the molecule is Nc1nnc(OC[C@@H]2CCN(c3nnc(N)s3)C2)s1. The summed E-state index contributed by atoms with van der Waals surface area (Å²) in [6, 6.07) is 0. The van der Waals surface area contributed by atoms with E-state index in [9.17, 15) is 0 Å². The number of hydrogen-bond acceptors (Lipinski definition) is 10. The molecule has 0 radical (unpaired) electrons. The van der Waals surface area contributed by atoms with Crippen molar-refractivity contribution in [2.45, 2.75) is 6.42 Å². The molecule has 1 saturated heterocycles. The highest BCUT2D eigenvalue weighted by atomic mass is 32.1. The summed E-state index contributed by atoms with van der Waals surface area (Å²) < 4.78 is 5.58. The number of ether oxygens (including phenoxy) is 1. The van der Waals surface area contributed by atoms with Crippen LogP contribution in [0.25, 0.3) is 0 Å². The molecule has 0 aromatic carbocycles. The van der Waals surface area contributed by atoms with E-state index in [2.05, 4.69) is 25.3 Å². The number of aromatic nitrogens is 4. The fourth-order valence-electron chi connectivity index (χ4n) is 1.96. The molecule has 19 heavy (non-hydrogen) atoms. The predicted octanol–water partition coefficient (Wildman–Crippen LogP) is 0.459. The molecule has 3 rings (SSSR count). The van der Waals surface area contributed by atoms with Gasteiger partial charge >= 0.3 is 0 Å². The molecule has 1 atom stereocenters. The van der Waals surface area contributed by atoms with Crippen molar-refractivity contribution in [2.24, 2.45) is 5.92 Å². The number of nitrogens with zero attached hydrogens (tertiary/aromatic N) is 5. The molecule has 0 saturated carbocycles. The number of nitrogen functional groups attached to an aromatic ring is 2. The van der Waals surface area contributed by atoms with E-state index >= 15 is 0 Å². The molecular formula is C9H13N7OS2. The van der Waals surface area contributed by atoms with Gasteiger partial charge in [-0.25, -0.2) is 0 Å². The van der Waals surface area contributed by atoms with E-state index in [4.69, 9.17) is 16.2 Å². The summed E-state index contributed by atoms with van der Waals surface area (Å²) in [4.78, 5) is 2.18. The van der Waals surface area contributed by atoms with E-state index in [0.29, 0.717) is 28.0 Å². The molecule has 2 aromatic heterocycles. The van der Waals surface area contributed by atoms with E-state index < -0.39 is 0 Å². The third-order valence-electron chi connectivity index (χ3n) is 2.85. The third-order valence-corrected chi connectivity index (χ3v) is 4.33. The van der Waals surface area contributed by atoms with Gasteiger partial charge in [0.1, 0.15) is 0 Å². The average molecular weight is 299 g/mol. The Hall–Kier alpha value is -1.68. The number of rotatable bonds is 4. The zero-order valence-electron chi connectivity index (χ0n) is 10.0. The lowest BCUT2D eigenvalue weighted by Crippen LogP contribution is -2.21. The number of nitrogens with two attached hydrogens (primary N) is 2. The molecule has 3 heterocycles. The Balaban J connectivity index is 1.52. The first-order valence-corrected chi connectivity index (χ1v) is 7.39. The third kappa shape index (κ3) is 2.84. The zero-order chi connectivity index (χ0) is 13.2. The fraction of sp³-hybridized carbons (Fsp3) is 0.556. The lowest BCUT2D eigenvalue weighted by Gasteiger charge is -2.13. The highest BCUT2D eigenvalue weighted by Gasteiger charge is 2.25. The first-order valence-electron chi connectivity index (χ1n) is 5.76. The maximum atomic E-state index is 5.59. The van der Waals surface area contributed by atoms with Gasteiger partial charge in [-0.1, -0.05) is 16.4 Å². The van der Waals surface area contributed by atoms with Gasteiger partial charge in [0.05, 0.1) is 6.61 Å². The standard InChI is InChI=1S/C9H13N7OS2/c10-6-12-14-8(18-6)16-2-1-5(3-16)4-17-9-15-13-7(11)19-9/h5H,1-4H2,(H2,10,12)(H2,11,13)/t5-/m1/s1. The van der Waals surface area contributed by atoms with Crippen LogP contribution in [0.1, 0.15) is 6.42 Å². The molecule has 0 amide bonds. The second kappa shape index (κ2) is 5.13. The van der Waals surface area contributed by atoms with Crippen molar-refractivity contribution in [1.82, 2.24) is 20.4 Å². The predicted molar refractivity (Wildman–Crippen MR) is 74.5 cm³/mol. The topological polar surface area (TPSA) is 116 Å². The van der Waals surface area contributed by atoms with Crippen molar-refractivity contribution in [3.63, 3.8) is 0 Å². The number of anilines is 3. The molecule has 8 nitrogen and oxygen atoms in total. The van der Waals surface area contributed by atoms with Crippen molar-refractivity contribution in [3.05, 3.63) is 0 Å². The van der Waals surface area contributed by atoms with Crippen LogP contribution >= 0.6 is 22.7 Å². The van der Waals surface area contributed by atoms with Crippen LogP contribution < -0.4 is 21.1 Å². The molecule has 0 spiro atoms. The average Bonchev–Trinajstić information content (AvgIpc) is 3.07. The van der Waals surface area contributed by atoms with Gasteiger partial charge in [-0.2, -0.15) is 0 Å². The smallest absolute Gasteiger partial charge is 0.295 e. The highest BCUT2D eigenvalue weighted by Crippen LogP contribution is 2.28. The van der Waals surface area contributed by atoms with E-state index in [1.807, 2.05) is 0 Å². The molecule has 102 valence electrons. The van der Waals surface area contributed by atoms with E-state index in [1.165, 1.54) is 22.7 Å². The maximum Gasteiger partial charge on any atom is 0.295 e. The van der Waals surface area contributed by atoms with Crippen molar-refractivity contribution in [1.29, 1.82) is 0 Å². The zero-order valence-corrected chi connectivity index (χ0v) is 11.7. The Morgan fingerprint density at radius 1 is 1.16 bits per heavy atom. The van der Waals surface area contributed by atoms with Crippen LogP contribution in [0.15, 0.2) is 0 Å². The molecule has 0 bridgehead atoms. The van der Waals surface area contributed by atoms with Gasteiger partial charge in [-0.3, -0.25) is 0 Å². The Morgan fingerprint density at radius 2 is 1.95 bits per heavy atom. The molecule has 0 aliphatic carbocycles. The Morgan fingerprint density at radius 3 is 2.63 bits per heavy atom. The second-order valence-corrected chi connectivity index (χ2v) is 6.20. The van der Waals surface area contributed by atoms with E-state index in [-0.39, 0.29) is 0 Å². The van der Waals surface area contributed by atoms with Gasteiger partial charge in [-0.15, -0.1) is 15.3 Å². The van der Waals surface area contributed by atoms with Crippen LogP contribution in [0.4, 0.5) is 15.4 Å². The Bertz CT molecular complexity index is 556. The largest absolute Gasteiger partial charge is 0.469 e. The van der Waals surface area contributed by atoms with Gasteiger partial charge in [0.25, 0.3) is 5.19 Å². The molecule has 1 aliphatic heterocycles. The summed E-state index contributed by atoms with van der Waals surface area (Å²) in [5.74, 6) is 0.440. The first kappa shape index (κ1) is 12.4. The van der Waals surface area contributed by atoms with Gasteiger partial charge < -0.3 is 21.1 Å².